The van der Waals surface area contributed by atoms with Crippen LogP contribution in [0.4, 0.5) is 0 Å². The first-order valence-corrected chi connectivity index (χ1v) is 20.3. The average molecular weight is 785 g/mol. The van der Waals surface area contributed by atoms with E-state index < -0.39 is 5.97 Å². The van der Waals surface area contributed by atoms with E-state index in [0.29, 0.717) is 59.6 Å². The van der Waals surface area contributed by atoms with Crippen molar-refractivity contribution >= 4 is 50.0 Å². The molecule has 0 saturated heterocycles. The molecule has 0 aliphatic carbocycles. The third kappa shape index (κ3) is 9.11. The normalized spacial score (nSPS) is 12.4. The molecule has 0 saturated carbocycles. The number of unbranched alkanes of at least 4 members (excludes halogenated alkanes) is 1. The molecular weight excluding hydrogens is 729 g/mol. The maximum absolute atomic E-state index is 14.8. The van der Waals surface area contributed by atoms with Crippen LogP contribution in [0.15, 0.2) is 84.0 Å². The Morgan fingerprint density at radius 1 is 0.741 bits per heavy atom. The van der Waals surface area contributed by atoms with Gasteiger partial charge in [-0.25, -0.2) is 4.79 Å². The van der Waals surface area contributed by atoms with Crippen molar-refractivity contribution < 1.29 is 33.4 Å². The fourth-order valence-corrected chi connectivity index (χ4v) is 8.09. The molecule has 9 nitrogen and oxygen atoms in total. The summed E-state index contributed by atoms with van der Waals surface area (Å²) in [7, 11) is 3.24. The van der Waals surface area contributed by atoms with Crippen LogP contribution in [0.3, 0.4) is 0 Å². The maximum atomic E-state index is 14.8. The van der Waals surface area contributed by atoms with Crippen LogP contribution in [-0.2, 0) is 25.7 Å². The van der Waals surface area contributed by atoms with Crippen molar-refractivity contribution in [2.75, 3.05) is 40.6 Å². The Kier molecular flexibility index (Phi) is 14.0. The Balaban J connectivity index is 1.63. The maximum Gasteiger partial charge on any atom is 0.332 e. The van der Waals surface area contributed by atoms with E-state index in [-0.39, 0.29) is 12.4 Å². The lowest BCUT2D eigenvalue weighted by atomic mass is 9.89. The number of aryl methyl sites for hydroxylation is 3. The van der Waals surface area contributed by atoms with E-state index in [1.54, 1.807) is 20.3 Å². The van der Waals surface area contributed by atoms with Crippen molar-refractivity contribution in [3.8, 4) is 11.5 Å². The molecule has 9 heteroatoms. The van der Waals surface area contributed by atoms with Gasteiger partial charge < -0.3 is 28.4 Å². The fourth-order valence-electron chi connectivity index (χ4n) is 8.09. The zero-order valence-corrected chi connectivity index (χ0v) is 35.2. The number of ketones is 1. The Morgan fingerprint density at radius 3 is 2.12 bits per heavy atom. The van der Waals surface area contributed by atoms with Gasteiger partial charge in [0.15, 0.2) is 5.78 Å². The van der Waals surface area contributed by atoms with Gasteiger partial charge in [-0.15, -0.1) is 0 Å². The third-order valence-electron chi connectivity index (χ3n) is 10.8. The highest BCUT2D eigenvalue weighted by atomic mass is 16.7. The molecule has 6 aromatic rings. The number of benzene rings is 5. The summed E-state index contributed by atoms with van der Waals surface area (Å²) >= 11 is 0. The van der Waals surface area contributed by atoms with E-state index in [1.165, 1.54) is 6.92 Å². The number of ether oxygens (including phenoxy) is 4. The minimum absolute atomic E-state index is 0.00213. The molecule has 0 aliphatic heterocycles. The number of hydrogen-bond donors (Lipinski definition) is 0. The molecule has 0 spiro atoms. The zero-order valence-electron chi connectivity index (χ0n) is 35.2. The minimum atomic E-state index is -0.550. The minimum Gasteiger partial charge on any atom is -0.491 e. The van der Waals surface area contributed by atoms with Crippen molar-refractivity contribution in [3.05, 3.63) is 118 Å². The van der Waals surface area contributed by atoms with Crippen LogP contribution in [0.1, 0.15) is 90.2 Å². The molecule has 0 bridgehead atoms. The molecule has 0 amide bonds. The average Bonchev–Trinajstić information content (AvgIpc) is 3.51. The Bertz CT molecular complexity index is 2440. The van der Waals surface area contributed by atoms with Gasteiger partial charge in [0.25, 0.3) is 0 Å². The van der Waals surface area contributed by atoms with Crippen LogP contribution in [0, 0.1) is 26.7 Å². The summed E-state index contributed by atoms with van der Waals surface area (Å²) < 4.78 is 25.1. The fraction of sp³-hybridized carbons (Fsp3) is 0.367. The topological polar surface area (TPSA) is 97.6 Å². The van der Waals surface area contributed by atoms with Gasteiger partial charge in [0, 0.05) is 77.7 Å². The molecule has 1 aromatic heterocycles. The van der Waals surface area contributed by atoms with E-state index in [9.17, 15) is 9.59 Å². The first-order valence-electron chi connectivity index (χ1n) is 20.3. The summed E-state index contributed by atoms with van der Waals surface area (Å²) in [5, 5.41) is 8.33. The second-order valence-electron chi connectivity index (χ2n) is 15.1. The molecule has 1 heterocycles. The summed E-state index contributed by atoms with van der Waals surface area (Å²) in [6, 6.07) is 26.2. The van der Waals surface area contributed by atoms with Crippen LogP contribution in [-0.4, -0.2) is 62.7 Å². The second kappa shape index (κ2) is 19.3. The van der Waals surface area contributed by atoms with Gasteiger partial charge >= 0.3 is 5.97 Å². The van der Waals surface area contributed by atoms with Crippen molar-refractivity contribution in [1.29, 1.82) is 0 Å². The van der Waals surface area contributed by atoms with Gasteiger partial charge in [-0.1, -0.05) is 86.3 Å². The molecule has 304 valence electrons. The van der Waals surface area contributed by atoms with Crippen LogP contribution in [0.2, 0.25) is 0 Å². The quantitative estimate of drug-likeness (QED) is 0.0265. The third-order valence-corrected chi connectivity index (χ3v) is 10.8. The predicted octanol–water partition coefficient (Wildman–Crippen LogP) is 10.7. The highest BCUT2D eigenvalue weighted by molar-refractivity contribution is 6.27. The molecule has 0 fully saturated rings. The molecule has 0 aliphatic rings. The number of carbonyl (C=O) groups excluding carboxylic acids is 2. The number of aromatic nitrogens is 1. The highest BCUT2D eigenvalue weighted by Crippen LogP contribution is 2.40. The van der Waals surface area contributed by atoms with E-state index in [1.807, 2.05) is 38.1 Å². The Labute approximate surface area is 341 Å². The Morgan fingerprint density at radius 2 is 1.45 bits per heavy atom. The smallest absolute Gasteiger partial charge is 0.332 e. The summed E-state index contributed by atoms with van der Waals surface area (Å²) in [5.41, 5.74) is 8.31. The lowest BCUT2D eigenvalue weighted by Gasteiger charge is -2.19. The molecular formula is C49H56N2O7. The largest absolute Gasteiger partial charge is 0.491 e. The van der Waals surface area contributed by atoms with Crippen LogP contribution >= 0.6 is 0 Å². The Hall–Kier alpha value is -5.51. The van der Waals surface area contributed by atoms with Crippen molar-refractivity contribution in [2.24, 2.45) is 11.1 Å². The monoisotopic (exact) mass is 784 g/mol. The van der Waals surface area contributed by atoms with Crippen LogP contribution in [0.5, 0.6) is 11.5 Å². The number of fused-ring (bicyclic) bond motifs is 5. The van der Waals surface area contributed by atoms with Crippen molar-refractivity contribution in [2.45, 2.75) is 73.8 Å². The number of rotatable bonds is 19. The summed E-state index contributed by atoms with van der Waals surface area (Å²) in [6.07, 6.45) is 4.48. The molecule has 5 aromatic carbocycles. The first kappa shape index (κ1) is 42.1. The molecule has 1 atom stereocenters. The van der Waals surface area contributed by atoms with Gasteiger partial charge in [0.05, 0.1) is 18.7 Å². The van der Waals surface area contributed by atoms with E-state index in [0.717, 1.165) is 87.1 Å². The van der Waals surface area contributed by atoms with Gasteiger partial charge in [0.1, 0.15) is 30.4 Å². The van der Waals surface area contributed by atoms with Crippen LogP contribution in [0.25, 0.3) is 32.6 Å². The molecule has 58 heavy (non-hydrogen) atoms. The van der Waals surface area contributed by atoms with Gasteiger partial charge in [-0.2, -0.15) is 0 Å². The molecule has 0 radical (unpaired) electrons. The molecule has 6 rings (SSSR count). The predicted molar refractivity (Wildman–Crippen MR) is 233 cm³/mol. The van der Waals surface area contributed by atoms with Crippen molar-refractivity contribution in [3.63, 3.8) is 0 Å². The number of methoxy groups -OCH3 is 2. The van der Waals surface area contributed by atoms with Gasteiger partial charge in [-0.05, 0) is 80.0 Å². The van der Waals surface area contributed by atoms with E-state index in [4.69, 9.17) is 23.8 Å². The first-order chi connectivity index (χ1) is 28.1. The molecule has 0 N–H and O–H groups in total. The summed E-state index contributed by atoms with van der Waals surface area (Å²) in [6.45, 7) is 14.2. The number of carbonyl (C=O) groups is 2. The van der Waals surface area contributed by atoms with Crippen LogP contribution < -0.4 is 9.47 Å². The van der Waals surface area contributed by atoms with Gasteiger partial charge in [-0.3, -0.25) is 4.79 Å². The second-order valence-corrected chi connectivity index (χ2v) is 15.1. The zero-order chi connectivity index (χ0) is 41.3. The number of oxime groups is 1. The lowest BCUT2D eigenvalue weighted by Crippen LogP contribution is -2.12. The van der Waals surface area contributed by atoms with E-state index >= 15 is 0 Å². The molecule has 1 unspecified atom stereocenters. The summed E-state index contributed by atoms with van der Waals surface area (Å²) in [4.78, 5) is 32.4. The SMILES string of the molecule is CCCCC(CC)Cn1c2ccc(/C(=N\OC(C)=O)c3ccc(OCCOC)cc3OCCOC)cc2c2cc(C(=O)c3c(C)cc(C)cc3C)c3ccccc3c21. The number of nitrogens with zero attached hydrogens (tertiary/aromatic N) is 2. The van der Waals surface area contributed by atoms with Crippen molar-refractivity contribution in [1.82, 2.24) is 4.57 Å². The number of hydrogen-bond acceptors (Lipinski definition) is 8. The summed E-state index contributed by atoms with van der Waals surface area (Å²) in [5.74, 6) is 1.00. The van der Waals surface area contributed by atoms with Gasteiger partial charge in [0.2, 0.25) is 0 Å². The highest BCUT2D eigenvalue weighted by Gasteiger charge is 2.25. The van der Waals surface area contributed by atoms with E-state index in [2.05, 4.69) is 79.0 Å². The lowest BCUT2D eigenvalue weighted by molar-refractivity contribution is -0.140. The standard InChI is InChI=1S/C49H56N2O7/c1-9-11-14-35(10-2)30-51-44-20-17-36(47(50-58-34(6)52)40-19-18-37(56-23-21-54-7)28-45(40)57-24-22-55-8)27-41(44)42-29-43(38-15-12-13-16-39(38)48(42)51)49(53)46-32(4)25-31(3)26-33(46)5/h12-13,15-20,25-29,35H,9-11,14,21-24,30H2,1-8H3/b50-47+.